The van der Waals surface area contributed by atoms with Gasteiger partial charge in [0, 0.05) is 55.3 Å². The number of rotatable bonds is 9. The molecule has 0 unspecified atom stereocenters. The SMILES string of the molecule is CCCCc1nc(C)n(Cc2ccccc2)c(=O)c1Cc1ccc(-c2ccccc2-c2noc(=O)[nH]2)cc1.Cl.[Ca]. The fraction of sp³-hybridized carbons (Fsp3) is 0.226. The quantitative estimate of drug-likeness (QED) is 0.229. The zero-order valence-corrected chi connectivity index (χ0v) is 25.7. The zero-order chi connectivity index (χ0) is 26.5. The van der Waals surface area contributed by atoms with E-state index in [1.165, 1.54) is 0 Å². The van der Waals surface area contributed by atoms with Gasteiger partial charge < -0.3 is 0 Å². The van der Waals surface area contributed by atoms with Crippen molar-refractivity contribution in [2.75, 3.05) is 0 Å². The zero-order valence-electron chi connectivity index (χ0n) is 22.7. The number of unbranched alkanes of at least 4 members (excludes halogenated alkanes) is 1. The molecule has 9 heteroatoms. The van der Waals surface area contributed by atoms with Gasteiger partial charge >= 0.3 is 5.76 Å². The molecular weight excluding hydrogens is 552 g/mol. The fourth-order valence-corrected chi connectivity index (χ4v) is 4.73. The molecule has 2 aromatic heterocycles. The molecule has 0 fully saturated rings. The molecule has 0 atom stereocenters. The van der Waals surface area contributed by atoms with Gasteiger partial charge in [-0.05, 0) is 42.0 Å². The third-order valence-corrected chi connectivity index (χ3v) is 6.76. The van der Waals surface area contributed by atoms with Gasteiger partial charge in [-0.1, -0.05) is 97.4 Å². The van der Waals surface area contributed by atoms with Crippen molar-refractivity contribution in [2.45, 2.75) is 46.1 Å². The molecule has 1 N–H and O–H groups in total. The first-order chi connectivity index (χ1) is 18.5. The first kappa shape index (κ1) is 31.6. The second-order valence-corrected chi connectivity index (χ2v) is 9.43. The molecular formula is C31H31CaClN4O3. The number of hydrogen-bond donors (Lipinski definition) is 1. The Morgan fingerprint density at radius 1 is 0.875 bits per heavy atom. The van der Waals surface area contributed by atoms with E-state index in [-0.39, 0.29) is 55.7 Å². The Balaban J connectivity index is 0.00000220. The van der Waals surface area contributed by atoms with Crippen molar-refractivity contribution in [2.24, 2.45) is 0 Å². The summed E-state index contributed by atoms with van der Waals surface area (Å²) in [5.41, 5.74) is 6.46. The van der Waals surface area contributed by atoms with Crippen LogP contribution in [0.3, 0.4) is 0 Å². The summed E-state index contributed by atoms with van der Waals surface area (Å²) in [5, 5.41) is 3.85. The second-order valence-electron chi connectivity index (χ2n) is 9.43. The Bertz CT molecular complexity index is 1660. The van der Waals surface area contributed by atoms with Gasteiger partial charge in [0.25, 0.3) is 5.56 Å². The van der Waals surface area contributed by atoms with E-state index < -0.39 is 5.76 Å². The minimum absolute atomic E-state index is 0. The summed E-state index contributed by atoms with van der Waals surface area (Å²) in [4.78, 5) is 32.8. The largest absolute Gasteiger partial charge is 0.439 e. The van der Waals surface area contributed by atoms with Crippen LogP contribution in [0.1, 0.15) is 48.0 Å². The monoisotopic (exact) mass is 582 g/mol. The van der Waals surface area contributed by atoms with Gasteiger partial charge in [-0.2, -0.15) is 0 Å². The summed E-state index contributed by atoms with van der Waals surface area (Å²) in [6.07, 6.45) is 3.33. The van der Waals surface area contributed by atoms with E-state index in [9.17, 15) is 9.59 Å². The summed E-state index contributed by atoms with van der Waals surface area (Å²) in [5.74, 6) is 0.542. The van der Waals surface area contributed by atoms with E-state index in [0.29, 0.717) is 18.8 Å². The number of aryl methyl sites for hydroxylation is 2. The summed E-state index contributed by atoms with van der Waals surface area (Å²) >= 11 is 0. The van der Waals surface area contributed by atoms with E-state index in [1.54, 1.807) is 4.57 Å². The maximum Gasteiger partial charge on any atom is 0.439 e. The van der Waals surface area contributed by atoms with Crippen LogP contribution in [-0.2, 0) is 19.4 Å². The van der Waals surface area contributed by atoms with Gasteiger partial charge in [0.15, 0.2) is 5.82 Å². The maximum atomic E-state index is 13.8. The second kappa shape index (κ2) is 14.6. The van der Waals surface area contributed by atoms with Crippen LogP contribution >= 0.6 is 12.4 Å². The molecule has 0 saturated carbocycles. The van der Waals surface area contributed by atoms with Gasteiger partial charge in [0.2, 0.25) is 0 Å². The van der Waals surface area contributed by atoms with Crippen molar-refractivity contribution in [3.8, 4) is 22.5 Å². The van der Waals surface area contributed by atoms with E-state index in [0.717, 1.165) is 64.2 Å². The van der Waals surface area contributed by atoms with Crippen LogP contribution in [0.4, 0.5) is 0 Å². The van der Waals surface area contributed by atoms with Crippen LogP contribution in [0, 0.1) is 6.92 Å². The van der Waals surface area contributed by atoms with E-state index in [2.05, 4.69) is 17.1 Å². The summed E-state index contributed by atoms with van der Waals surface area (Å²) in [6, 6.07) is 25.9. The third-order valence-electron chi connectivity index (χ3n) is 6.76. The van der Waals surface area contributed by atoms with Crippen molar-refractivity contribution in [3.05, 3.63) is 128 Å². The van der Waals surface area contributed by atoms with Gasteiger partial charge in [-0.15, -0.1) is 12.4 Å². The summed E-state index contributed by atoms with van der Waals surface area (Å²) < 4.78 is 6.48. The Kier molecular flexibility index (Phi) is 11.5. The maximum absolute atomic E-state index is 13.8. The molecule has 5 aromatic rings. The molecule has 5 rings (SSSR count). The average Bonchev–Trinajstić information content (AvgIpc) is 3.38. The molecule has 7 nitrogen and oxygen atoms in total. The number of H-pyrrole nitrogens is 1. The first-order valence-electron chi connectivity index (χ1n) is 12.9. The van der Waals surface area contributed by atoms with E-state index >= 15 is 0 Å². The number of aromatic amines is 1. The van der Waals surface area contributed by atoms with Crippen molar-refractivity contribution >= 4 is 50.1 Å². The van der Waals surface area contributed by atoms with Crippen molar-refractivity contribution < 1.29 is 4.52 Å². The van der Waals surface area contributed by atoms with Gasteiger partial charge in [-0.25, -0.2) is 9.78 Å². The number of halogens is 1. The van der Waals surface area contributed by atoms with Crippen LogP contribution < -0.4 is 11.3 Å². The standard InChI is InChI=1S/C31H30N4O3.Ca.ClH/c1-3-4-14-28-27(30(36)35(21(2)32-28)20-23-10-6-5-7-11-23)19-22-15-17-24(18-16-22)25-12-8-9-13-26(25)29-33-31(37)38-34-29;;/h5-13,15-18H,3-4,14,19-20H2,1-2H3,(H,33,34,37);;1H. The van der Waals surface area contributed by atoms with Crippen molar-refractivity contribution in [3.63, 3.8) is 0 Å². The number of hydrogen-bond acceptors (Lipinski definition) is 5. The van der Waals surface area contributed by atoms with Gasteiger partial charge in [0.05, 0.1) is 12.2 Å². The van der Waals surface area contributed by atoms with Gasteiger partial charge in [0.1, 0.15) is 5.82 Å². The first-order valence-corrected chi connectivity index (χ1v) is 12.9. The van der Waals surface area contributed by atoms with Crippen LogP contribution in [0.5, 0.6) is 0 Å². The molecule has 0 aliphatic carbocycles. The Labute approximate surface area is 269 Å². The van der Waals surface area contributed by atoms with E-state index in [1.807, 2.05) is 85.8 Å². The number of nitrogens with zero attached hydrogens (tertiary/aromatic N) is 3. The van der Waals surface area contributed by atoms with Crippen molar-refractivity contribution in [1.82, 2.24) is 19.7 Å². The Morgan fingerprint density at radius 2 is 1.55 bits per heavy atom. The Hall–Kier alpha value is -2.97. The van der Waals surface area contributed by atoms with Gasteiger partial charge in [-0.3, -0.25) is 18.9 Å². The molecule has 0 saturated heterocycles. The smallest absolute Gasteiger partial charge is 0.296 e. The number of aromatic nitrogens is 4. The molecule has 0 spiro atoms. The van der Waals surface area contributed by atoms with E-state index in [4.69, 9.17) is 9.51 Å². The summed E-state index contributed by atoms with van der Waals surface area (Å²) in [6.45, 7) is 4.56. The van der Waals surface area contributed by atoms with Crippen LogP contribution in [-0.4, -0.2) is 57.4 Å². The molecule has 2 heterocycles. The molecule has 0 aliphatic rings. The summed E-state index contributed by atoms with van der Waals surface area (Å²) in [7, 11) is 0. The minimum atomic E-state index is -0.589. The molecule has 3 aromatic carbocycles. The fourth-order valence-electron chi connectivity index (χ4n) is 4.73. The average molecular weight is 583 g/mol. The van der Waals surface area contributed by atoms with Crippen LogP contribution in [0.2, 0.25) is 0 Å². The molecule has 40 heavy (non-hydrogen) atoms. The predicted molar refractivity (Wildman–Crippen MR) is 161 cm³/mol. The number of nitrogens with one attached hydrogen (secondary N) is 1. The minimum Gasteiger partial charge on any atom is -0.296 e. The molecule has 202 valence electrons. The third kappa shape index (κ3) is 7.21. The molecule has 0 bridgehead atoms. The van der Waals surface area contributed by atoms with Crippen LogP contribution in [0.15, 0.2) is 93.0 Å². The topological polar surface area (TPSA) is 93.8 Å². The predicted octanol–water partition coefficient (Wildman–Crippen LogP) is 5.58. The molecule has 2 radical (unpaired) electrons. The number of benzene rings is 3. The molecule has 0 amide bonds. The normalized spacial score (nSPS) is 10.6. The van der Waals surface area contributed by atoms with Crippen LogP contribution in [0.25, 0.3) is 22.5 Å². The van der Waals surface area contributed by atoms with Crippen molar-refractivity contribution in [1.29, 1.82) is 0 Å². The molecule has 0 aliphatic heterocycles. The Morgan fingerprint density at radius 3 is 2.20 bits per heavy atom.